The number of rotatable bonds is 6. The Kier molecular flexibility index (Phi) is 4.41. The first-order valence-electron chi connectivity index (χ1n) is 6.39. The van der Waals surface area contributed by atoms with Crippen LogP contribution in [0.2, 0.25) is 0 Å². The van der Waals surface area contributed by atoms with Gasteiger partial charge >= 0.3 is 0 Å². The molecule has 1 aromatic heterocycles. The summed E-state index contributed by atoms with van der Waals surface area (Å²) in [6, 6.07) is 9.92. The molecule has 5 nitrogen and oxygen atoms in total. The Balaban J connectivity index is 1.98. The molecule has 0 saturated heterocycles. The molecule has 5 heteroatoms. The molecule has 1 heterocycles. The van der Waals surface area contributed by atoms with Crippen molar-refractivity contribution in [1.29, 1.82) is 0 Å². The van der Waals surface area contributed by atoms with E-state index in [9.17, 15) is 0 Å². The molecule has 0 aliphatic carbocycles. The van der Waals surface area contributed by atoms with Crippen LogP contribution in [0, 0.1) is 0 Å². The largest absolute Gasteiger partial charge is 0.302 e. The highest BCUT2D eigenvalue weighted by atomic mass is 15.6. The van der Waals surface area contributed by atoms with E-state index in [4.69, 9.17) is 0 Å². The van der Waals surface area contributed by atoms with E-state index in [-0.39, 0.29) is 0 Å². The SMILES string of the molecule is CCN(CC)CCn1nnc(-c2ccccc2)n1. The number of likely N-dealkylation sites (N-methyl/N-ethyl adjacent to an activating group) is 1. The third-order valence-electron chi connectivity index (χ3n) is 3.00. The highest BCUT2D eigenvalue weighted by Crippen LogP contribution is 2.11. The molecule has 18 heavy (non-hydrogen) atoms. The van der Waals surface area contributed by atoms with Crippen molar-refractivity contribution < 1.29 is 0 Å². The van der Waals surface area contributed by atoms with Crippen molar-refractivity contribution in [1.82, 2.24) is 25.1 Å². The number of hydrogen-bond acceptors (Lipinski definition) is 4. The zero-order valence-electron chi connectivity index (χ0n) is 11.0. The van der Waals surface area contributed by atoms with Crippen molar-refractivity contribution in [3.05, 3.63) is 30.3 Å². The first-order valence-corrected chi connectivity index (χ1v) is 6.39. The van der Waals surface area contributed by atoms with Gasteiger partial charge in [-0.05, 0) is 18.3 Å². The summed E-state index contributed by atoms with van der Waals surface area (Å²) < 4.78 is 0. The first kappa shape index (κ1) is 12.7. The fraction of sp³-hybridized carbons (Fsp3) is 0.462. The van der Waals surface area contributed by atoms with E-state index >= 15 is 0 Å². The average Bonchev–Trinajstić information content (AvgIpc) is 2.90. The van der Waals surface area contributed by atoms with Crippen molar-refractivity contribution in [2.75, 3.05) is 19.6 Å². The van der Waals surface area contributed by atoms with E-state index in [0.717, 1.165) is 31.7 Å². The average molecular weight is 245 g/mol. The topological polar surface area (TPSA) is 46.8 Å². The minimum atomic E-state index is 0.690. The second-order valence-electron chi connectivity index (χ2n) is 4.10. The lowest BCUT2D eigenvalue weighted by atomic mass is 10.2. The maximum atomic E-state index is 4.39. The van der Waals surface area contributed by atoms with Crippen LogP contribution >= 0.6 is 0 Å². The molecule has 2 rings (SSSR count). The standard InChI is InChI=1S/C13H19N5/c1-3-17(4-2)10-11-18-15-13(14-16-18)12-8-6-5-7-9-12/h5-9H,3-4,10-11H2,1-2H3. The first-order chi connectivity index (χ1) is 8.83. The number of nitrogens with zero attached hydrogens (tertiary/aromatic N) is 5. The van der Waals surface area contributed by atoms with Crippen LogP contribution in [0.5, 0.6) is 0 Å². The molecule has 0 saturated carbocycles. The van der Waals surface area contributed by atoms with Gasteiger partial charge in [0.05, 0.1) is 6.54 Å². The highest BCUT2D eigenvalue weighted by Gasteiger charge is 2.06. The molecular weight excluding hydrogens is 226 g/mol. The number of hydrogen-bond donors (Lipinski definition) is 0. The van der Waals surface area contributed by atoms with Crippen molar-refractivity contribution in [2.24, 2.45) is 0 Å². The molecule has 0 bridgehead atoms. The summed E-state index contributed by atoms with van der Waals surface area (Å²) in [5.41, 5.74) is 1.01. The number of benzene rings is 1. The summed E-state index contributed by atoms with van der Waals surface area (Å²) in [4.78, 5) is 4.01. The third kappa shape index (κ3) is 3.13. The van der Waals surface area contributed by atoms with Gasteiger partial charge in [-0.15, -0.1) is 10.2 Å². The van der Waals surface area contributed by atoms with Crippen LogP contribution in [0.1, 0.15) is 13.8 Å². The Hall–Kier alpha value is -1.75. The van der Waals surface area contributed by atoms with Gasteiger partial charge in [0, 0.05) is 12.1 Å². The van der Waals surface area contributed by atoms with Crippen LogP contribution in [0.25, 0.3) is 11.4 Å². The monoisotopic (exact) mass is 245 g/mol. The van der Waals surface area contributed by atoms with Crippen molar-refractivity contribution in [3.8, 4) is 11.4 Å². The molecule has 0 amide bonds. The molecule has 0 aliphatic heterocycles. The molecule has 0 atom stereocenters. The lowest BCUT2D eigenvalue weighted by Crippen LogP contribution is -2.27. The number of aromatic nitrogens is 4. The quantitative estimate of drug-likeness (QED) is 0.777. The Morgan fingerprint density at radius 1 is 1.11 bits per heavy atom. The second kappa shape index (κ2) is 6.26. The molecule has 1 aromatic carbocycles. The van der Waals surface area contributed by atoms with Crippen LogP contribution < -0.4 is 0 Å². The van der Waals surface area contributed by atoms with Crippen LogP contribution in [0.15, 0.2) is 30.3 Å². The van der Waals surface area contributed by atoms with E-state index < -0.39 is 0 Å². The van der Waals surface area contributed by atoms with Gasteiger partial charge in [0.15, 0.2) is 0 Å². The van der Waals surface area contributed by atoms with E-state index in [2.05, 4.69) is 34.2 Å². The minimum Gasteiger partial charge on any atom is -0.302 e. The van der Waals surface area contributed by atoms with Crippen LogP contribution in [-0.2, 0) is 6.54 Å². The second-order valence-corrected chi connectivity index (χ2v) is 4.10. The van der Waals surface area contributed by atoms with E-state index in [1.165, 1.54) is 0 Å². The van der Waals surface area contributed by atoms with Crippen molar-refractivity contribution in [2.45, 2.75) is 20.4 Å². The summed E-state index contributed by atoms with van der Waals surface area (Å²) in [5, 5.41) is 12.6. The number of tetrazole rings is 1. The Morgan fingerprint density at radius 2 is 1.83 bits per heavy atom. The highest BCUT2D eigenvalue weighted by molar-refractivity contribution is 5.52. The van der Waals surface area contributed by atoms with Gasteiger partial charge in [-0.2, -0.15) is 4.80 Å². The fourth-order valence-electron chi connectivity index (χ4n) is 1.81. The normalized spacial score (nSPS) is 11.1. The summed E-state index contributed by atoms with van der Waals surface area (Å²) >= 11 is 0. The van der Waals surface area contributed by atoms with E-state index in [0.29, 0.717) is 5.82 Å². The zero-order chi connectivity index (χ0) is 12.8. The fourth-order valence-corrected chi connectivity index (χ4v) is 1.81. The summed E-state index contributed by atoms with van der Waals surface area (Å²) in [5.74, 6) is 0.690. The molecule has 0 radical (unpaired) electrons. The Bertz CT molecular complexity index is 461. The van der Waals surface area contributed by atoms with Crippen LogP contribution in [0.3, 0.4) is 0 Å². The van der Waals surface area contributed by atoms with Gasteiger partial charge in [-0.25, -0.2) is 0 Å². The minimum absolute atomic E-state index is 0.690. The van der Waals surface area contributed by atoms with Crippen LogP contribution in [-0.4, -0.2) is 44.7 Å². The lowest BCUT2D eigenvalue weighted by molar-refractivity contribution is 0.277. The van der Waals surface area contributed by atoms with Gasteiger partial charge in [0.25, 0.3) is 0 Å². The zero-order valence-corrected chi connectivity index (χ0v) is 11.0. The van der Waals surface area contributed by atoms with Gasteiger partial charge < -0.3 is 4.90 Å². The van der Waals surface area contributed by atoms with Gasteiger partial charge in [-0.1, -0.05) is 44.2 Å². The molecule has 0 spiro atoms. The maximum absolute atomic E-state index is 4.39. The molecule has 96 valence electrons. The van der Waals surface area contributed by atoms with Crippen molar-refractivity contribution in [3.63, 3.8) is 0 Å². The smallest absolute Gasteiger partial charge is 0.204 e. The van der Waals surface area contributed by atoms with Gasteiger partial charge in [-0.3, -0.25) is 0 Å². The van der Waals surface area contributed by atoms with E-state index in [1.54, 1.807) is 4.80 Å². The molecular formula is C13H19N5. The van der Waals surface area contributed by atoms with Gasteiger partial charge in [0.2, 0.25) is 5.82 Å². The Labute approximate surface area is 107 Å². The molecule has 2 aromatic rings. The summed E-state index contributed by atoms with van der Waals surface area (Å²) in [6.07, 6.45) is 0. The molecule has 0 unspecified atom stereocenters. The predicted molar refractivity (Wildman–Crippen MR) is 71.0 cm³/mol. The summed E-state index contributed by atoms with van der Waals surface area (Å²) in [7, 11) is 0. The van der Waals surface area contributed by atoms with E-state index in [1.807, 2.05) is 30.3 Å². The van der Waals surface area contributed by atoms with Crippen LogP contribution in [0.4, 0.5) is 0 Å². The molecule has 0 N–H and O–H groups in total. The Morgan fingerprint density at radius 3 is 2.50 bits per heavy atom. The maximum Gasteiger partial charge on any atom is 0.204 e. The third-order valence-corrected chi connectivity index (χ3v) is 3.00. The van der Waals surface area contributed by atoms with Crippen molar-refractivity contribution >= 4 is 0 Å². The van der Waals surface area contributed by atoms with Gasteiger partial charge in [0.1, 0.15) is 0 Å². The molecule has 0 fully saturated rings. The lowest BCUT2D eigenvalue weighted by Gasteiger charge is -2.16. The summed E-state index contributed by atoms with van der Waals surface area (Å²) in [6.45, 7) is 8.16. The predicted octanol–water partition coefficient (Wildman–Crippen LogP) is 1.68. The molecule has 0 aliphatic rings.